The first-order valence-electron chi connectivity index (χ1n) is 7.61. The Bertz CT molecular complexity index is 607. The van der Waals surface area contributed by atoms with Crippen LogP contribution in [0.5, 0.6) is 5.75 Å². The van der Waals surface area contributed by atoms with E-state index in [9.17, 15) is 0 Å². The van der Waals surface area contributed by atoms with Crippen LogP contribution in [0.2, 0.25) is 0 Å². The van der Waals surface area contributed by atoms with E-state index in [-0.39, 0.29) is 0 Å². The van der Waals surface area contributed by atoms with Gasteiger partial charge in [0.05, 0.1) is 12.8 Å². The van der Waals surface area contributed by atoms with E-state index in [4.69, 9.17) is 4.74 Å². The van der Waals surface area contributed by atoms with Gasteiger partial charge in [-0.3, -0.25) is 4.90 Å². The molecule has 0 radical (unpaired) electrons. The molecule has 4 heteroatoms. The van der Waals surface area contributed by atoms with Gasteiger partial charge in [0.15, 0.2) is 0 Å². The lowest BCUT2D eigenvalue weighted by atomic mass is 10.2. The fourth-order valence-corrected chi connectivity index (χ4v) is 3.25. The summed E-state index contributed by atoms with van der Waals surface area (Å²) in [6, 6.07) is 17.1. The minimum absolute atomic E-state index is 0.966. The van der Waals surface area contributed by atoms with Gasteiger partial charge in [-0.05, 0) is 52.4 Å². The Labute approximate surface area is 146 Å². The van der Waals surface area contributed by atoms with Crippen molar-refractivity contribution in [3.63, 3.8) is 0 Å². The summed E-state index contributed by atoms with van der Waals surface area (Å²) in [6.45, 7) is 5.31. The van der Waals surface area contributed by atoms with Gasteiger partial charge in [0, 0.05) is 36.3 Å². The van der Waals surface area contributed by atoms with Crippen LogP contribution in [-0.4, -0.2) is 38.2 Å². The Hall–Kier alpha value is -1.27. The number of rotatable bonds is 4. The molecule has 0 amide bonds. The standard InChI is InChI=1S/C18H21IN2O/c1-22-18-5-3-2-4-17(18)21-12-10-20(11-13-21)14-15-6-8-16(19)9-7-15/h2-9H,10-14H2,1H3. The molecule has 0 bridgehead atoms. The summed E-state index contributed by atoms with van der Waals surface area (Å²) in [6.07, 6.45) is 0. The van der Waals surface area contributed by atoms with Gasteiger partial charge >= 0.3 is 0 Å². The summed E-state index contributed by atoms with van der Waals surface area (Å²) < 4.78 is 6.77. The topological polar surface area (TPSA) is 15.7 Å². The SMILES string of the molecule is COc1ccccc1N1CCN(Cc2ccc(I)cc2)CC1. The van der Waals surface area contributed by atoms with E-state index in [1.807, 2.05) is 12.1 Å². The van der Waals surface area contributed by atoms with Crippen LogP contribution in [0.4, 0.5) is 5.69 Å². The van der Waals surface area contributed by atoms with Gasteiger partial charge in [-0.2, -0.15) is 0 Å². The number of piperazine rings is 1. The Morgan fingerprint density at radius 3 is 2.32 bits per heavy atom. The van der Waals surface area contributed by atoms with E-state index in [0.29, 0.717) is 0 Å². The zero-order chi connectivity index (χ0) is 15.4. The Balaban J connectivity index is 1.59. The summed E-state index contributed by atoms with van der Waals surface area (Å²) >= 11 is 2.35. The molecule has 116 valence electrons. The maximum Gasteiger partial charge on any atom is 0.142 e. The van der Waals surface area contributed by atoms with Crippen LogP contribution in [0.1, 0.15) is 5.56 Å². The third-order valence-electron chi connectivity index (χ3n) is 4.12. The molecule has 0 N–H and O–H groups in total. The van der Waals surface area contributed by atoms with Crippen LogP contribution in [0, 0.1) is 3.57 Å². The third kappa shape index (κ3) is 3.73. The molecule has 0 aromatic heterocycles. The highest BCUT2D eigenvalue weighted by Crippen LogP contribution is 2.28. The first kappa shape index (κ1) is 15.6. The van der Waals surface area contributed by atoms with Gasteiger partial charge in [0.1, 0.15) is 5.75 Å². The lowest BCUT2D eigenvalue weighted by Crippen LogP contribution is -2.46. The molecule has 1 saturated heterocycles. The molecule has 1 aliphatic heterocycles. The predicted molar refractivity (Wildman–Crippen MR) is 99.6 cm³/mol. The van der Waals surface area contributed by atoms with Crippen molar-refractivity contribution in [1.82, 2.24) is 4.90 Å². The van der Waals surface area contributed by atoms with Crippen LogP contribution in [-0.2, 0) is 6.54 Å². The minimum atomic E-state index is 0.966. The van der Waals surface area contributed by atoms with Gasteiger partial charge in [0.25, 0.3) is 0 Å². The average molecular weight is 408 g/mol. The second kappa shape index (κ2) is 7.33. The van der Waals surface area contributed by atoms with E-state index in [1.165, 1.54) is 14.8 Å². The summed E-state index contributed by atoms with van der Waals surface area (Å²) in [5, 5.41) is 0. The number of nitrogens with zero attached hydrogens (tertiary/aromatic N) is 2. The first-order chi connectivity index (χ1) is 10.8. The fourth-order valence-electron chi connectivity index (χ4n) is 2.89. The molecule has 22 heavy (non-hydrogen) atoms. The molecular weight excluding hydrogens is 387 g/mol. The maximum atomic E-state index is 5.48. The molecule has 1 aliphatic rings. The summed E-state index contributed by atoms with van der Waals surface area (Å²) in [7, 11) is 1.74. The number of methoxy groups -OCH3 is 1. The molecule has 2 aromatic carbocycles. The van der Waals surface area contributed by atoms with Crippen LogP contribution < -0.4 is 9.64 Å². The van der Waals surface area contributed by atoms with Gasteiger partial charge in [-0.1, -0.05) is 24.3 Å². The Morgan fingerprint density at radius 2 is 1.64 bits per heavy atom. The third-order valence-corrected chi connectivity index (χ3v) is 4.84. The molecule has 0 aliphatic carbocycles. The van der Waals surface area contributed by atoms with E-state index >= 15 is 0 Å². The van der Waals surface area contributed by atoms with E-state index in [1.54, 1.807) is 7.11 Å². The van der Waals surface area contributed by atoms with E-state index in [0.717, 1.165) is 38.5 Å². The van der Waals surface area contributed by atoms with Gasteiger partial charge in [0.2, 0.25) is 0 Å². The normalized spacial score (nSPS) is 15.8. The predicted octanol–water partition coefficient (Wildman–Crippen LogP) is 3.62. The molecule has 1 heterocycles. The molecule has 3 rings (SSSR count). The quantitative estimate of drug-likeness (QED) is 0.719. The van der Waals surface area contributed by atoms with E-state index < -0.39 is 0 Å². The monoisotopic (exact) mass is 408 g/mol. The zero-order valence-corrected chi connectivity index (χ0v) is 15.0. The second-order valence-electron chi connectivity index (χ2n) is 5.56. The van der Waals surface area contributed by atoms with Crippen molar-refractivity contribution < 1.29 is 4.74 Å². The lowest BCUT2D eigenvalue weighted by molar-refractivity contribution is 0.249. The number of para-hydroxylation sites is 2. The summed E-state index contributed by atoms with van der Waals surface area (Å²) in [4.78, 5) is 4.94. The maximum absolute atomic E-state index is 5.48. The van der Waals surface area contributed by atoms with Crippen LogP contribution >= 0.6 is 22.6 Å². The van der Waals surface area contributed by atoms with E-state index in [2.05, 4.69) is 68.8 Å². The van der Waals surface area contributed by atoms with Crippen molar-refractivity contribution in [2.24, 2.45) is 0 Å². The molecule has 2 aromatic rings. The molecule has 0 spiro atoms. The molecule has 3 nitrogen and oxygen atoms in total. The summed E-state index contributed by atoms with van der Waals surface area (Å²) in [5.74, 6) is 0.966. The number of anilines is 1. The Kier molecular flexibility index (Phi) is 5.20. The number of ether oxygens (including phenoxy) is 1. The van der Waals surface area contributed by atoms with Gasteiger partial charge in [-0.25, -0.2) is 0 Å². The number of benzene rings is 2. The van der Waals surface area contributed by atoms with Crippen molar-refractivity contribution in [1.29, 1.82) is 0 Å². The fraction of sp³-hybridized carbons (Fsp3) is 0.333. The second-order valence-corrected chi connectivity index (χ2v) is 6.81. The smallest absolute Gasteiger partial charge is 0.142 e. The Morgan fingerprint density at radius 1 is 0.955 bits per heavy atom. The first-order valence-corrected chi connectivity index (χ1v) is 8.69. The highest BCUT2D eigenvalue weighted by atomic mass is 127. The zero-order valence-electron chi connectivity index (χ0n) is 12.8. The number of halogens is 1. The van der Waals surface area contributed by atoms with Crippen molar-refractivity contribution in [3.05, 3.63) is 57.7 Å². The molecule has 0 unspecified atom stereocenters. The van der Waals surface area contributed by atoms with Crippen LogP contribution in [0.15, 0.2) is 48.5 Å². The van der Waals surface area contributed by atoms with Crippen LogP contribution in [0.25, 0.3) is 0 Å². The van der Waals surface area contributed by atoms with Crippen molar-refractivity contribution in [3.8, 4) is 5.75 Å². The molecule has 0 atom stereocenters. The molecular formula is C18H21IN2O. The lowest BCUT2D eigenvalue weighted by Gasteiger charge is -2.36. The highest BCUT2D eigenvalue weighted by molar-refractivity contribution is 14.1. The number of hydrogen-bond donors (Lipinski definition) is 0. The molecule has 0 saturated carbocycles. The van der Waals surface area contributed by atoms with Crippen molar-refractivity contribution in [2.45, 2.75) is 6.54 Å². The summed E-state index contributed by atoms with van der Waals surface area (Å²) in [5.41, 5.74) is 2.60. The highest BCUT2D eigenvalue weighted by Gasteiger charge is 2.19. The molecule has 1 fully saturated rings. The number of hydrogen-bond acceptors (Lipinski definition) is 3. The average Bonchev–Trinajstić information content (AvgIpc) is 2.58. The van der Waals surface area contributed by atoms with Crippen molar-refractivity contribution in [2.75, 3.05) is 38.2 Å². The van der Waals surface area contributed by atoms with Gasteiger partial charge in [-0.15, -0.1) is 0 Å². The largest absolute Gasteiger partial charge is 0.495 e. The van der Waals surface area contributed by atoms with Crippen molar-refractivity contribution >= 4 is 28.3 Å². The van der Waals surface area contributed by atoms with Gasteiger partial charge < -0.3 is 9.64 Å². The van der Waals surface area contributed by atoms with Crippen LogP contribution in [0.3, 0.4) is 0 Å². The minimum Gasteiger partial charge on any atom is -0.495 e.